The fourth-order valence-corrected chi connectivity index (χ4v) is 3.84. The molecule has 0 N–H and O–H groups in total. The molecule has 0 fully saturated rings. The lowest BCUT2D eigenvalue weighted by Gasteiger charge is -2.03. The van der Waals surface area contributed by atoms with E-state index in [1.165, 1.54) is 23.5 Å². The molecule has 0 saturated carbocycles. The van der Waals surface area contributed by atoms with Crippen molar-refractivity contribution in [3.63, 3.8) is 0 Å². The van der Waals surface area contributed by atoms with Gasteiger partial charge in [-0.2, -0.15) is 16.8 Å². The van der Waals surface area contributed by atoms with E-state index >= 15 is 0 Å². The first-order valence-corrected chi connectivity index (χ1v) is 9.72. The van der Waals surface area contributed by atoms with Crippen LogP contribution in [0.1, 0.15) is 10.4 Å². The minimum Gasteiger partial charge on any atom is -0.315 e. The van der Waals surface area contributed by atoms with Crippen molar-refractivity contribution in [2.24, 2.45) is 4.99 Å². The number of hydrogen-bond acceptors (Lipinski definition) is 5. The van der Waals surface area contributed by atoms with Crippen molar-refractivity contribution in [1.82, 2.24) is 4.57 Å². The first kappa shape index (κ1) is 17.4. The van der Waals surface area contributed by atoms with Crippen LogP contribution < -0.4 is 4.80 Å². The number of thiazole rings is 1. The molecule has 0 aliphatic heterocycles. The van der Waals surface area contributed by atoms with Gasteiger partial charge in [0.05, 0.1) is 15.1 Å². The highest BCUT2D eigenvalue weighted by atomic mass is 32.2. The lowest BCUT2D eigenvalue weighted by molar-refractivity contribution is -0.384. The number of hydrogen-bond donors (Lipinski definition) is 0. The Hall–Kier alpha value is -2.45. The maximum absolute atomic E-state index is 12.4. The molecule has 6 nitrogen and oxygen atoms in total. The van der Waals surface area contributed by atoms with Gasteiger partial charge in [-0.1, -0.05) is 29.5 Å². The third-order valence-electron chi connectivity index (χ3n) is 3.61. The molecule has 0 saturated heterocycles. The normalized spacial score (nSPS) is 11.8. The predicted molar refractivity (Wildman–Crippen MR) is 101 cm³/mol. The first-order chi connectivity index (χ1) is 12.1. The zero-order valence-electron chi connectivity index (χ0n) is 13.4. The van der Waals surface area contributed by atoms with Gasteiger partial charge in [0.25, 0.3) is 11.6 Å². The second kappa shape index (κ2) is 7.62. The maximum Gasteiger partial charge on any atom is 0.279 e. The molecule has 0 radical (unpaired) electrons. The van der Waals surface area contributed by atoms with Crippen LogP contribution in [0.4, 0.5) is 5.69 Å². The fourth-order valence-electron chi connectivity index (χ4n) is 2.39. The number of amides is 1. The van der Waals surface area contributed by atoms with Crippen LogP contribution in [0, 0.1) is 10.1 Å². The van der Waals surface area contributed by atoms with Crippen molar-refractivity contribution in [2.45, 2.75) is 6.54 Å². The van der Waals surface area contributed by atoms with Crippen LogP contribution >= 0.6 is 23.1 Å². The summed E-state index contributed by atoms with van der Waals surface area (Å²) in [6.07, 6.45) is 2.01. The maximum atomic E-state index is 12.4. The first-order valence-electron chi connectivity index (χ1n) is 7.51. The molecule has 3 rings (SSSR count). The predicted octanol–water partition coefficient (Wildman–Crippen LogP) is 3.72. The van der Waals surface area contributed by atoms with Crippen molar-refractivity contribution in [3.05, 3.63) is 69.0 Å². The summed E-state index contributed by atoms with van der Waals surface area (Å²) in [5.41, 5.74) is 1.40. The summed E-state index contributed by atoms with van der Waals surface area (Å²) in [5.74, 6) is 0.537. The number of aromatic nitrogens is 1. The number of aryl methyl sites for hydroxylation is 1. The average molecular weight is 373 g/mol. The number of rotatable bonds is 5. The lowest BCUT2D eigenvalue weighted by atomic mass is 10.2. The fraction of sp³-hybridized carbons (Fsp3) is 0.176. The molecule has 128 valence electrons. The van der Waals surface area contributed by atoms with E-state index in [-0.39, 0.29) is 11.6 Å². The molecule has 2 aromatic carbocycles. The van der Waals surface area contributed by atoms with Gasteiger partial charge in [-0.05, 0) is 24.5 Å². The van der Waals surface area contributed by atoms with Crippen LogP contribution in [0.25, 0.3) is 10.2 Å². The Morgan fingerprint density at radius 2 is 2.04 bits per heavy atom. The van der Waals surface area contributed by atoms with Gasteiger partial charge < -0.3 is 4.57 Å². The van der Waals surface area contributed by atoms with Crippen molar-refractivity contribution in [3.8, 4) is 0 Å². The van der Waals surface area contributed by atoms with E-state index in [0.717, 1.165) is 16.0 Å². The number of nitrogens with zero attached hydrogens (tertiary/aromatic N) is 3. The molecule has 1 aromatic heterocycles. The van der Waals surface area contributed by atoms with Crippen LogP contribution in [0.3, 0.4) is 0 Å². The number of carbonyl (C=O) groups excluding carboxylic acids is 1. The Bertz CT molecular complexity index is 993. The van der Waals surface area contributed by atoms with E-state index < -0.39 is 4.92 Å². The molecule has 1 heterocycles. The van der Waals surface area contributed by atoms with Crippen LogP contribution in [-0.4, -0.2) is 27.4 Å². The number of fused-ring (bicyclic) bond motifs is 1. The quantitative estimate of drug-likeness (QED) is 0.504. The number of thioether (sulfide) groups is 1. The molecule has 25 heavy (non-hydrogen) atoms. The minimum absolute atomic E-state index is 0.0340. The van der Waals surface area contributed by atoms with Gasteiger partial charge in [0.1, 0.15) is 0 Å². The Balaban J connectivity index is 2.13. The van der Waals surface area contributed by atoms with E-state index in [9.17, 15) is 14.9 Å². The van der Waals surface area contributed by atoms with Gasteiger partial charge in [-0.15, -0.1) is 0 Å². The molecule has 0 spiro atoms. The summed E-state index contributed by atoms with van der Waals surface area (Å²) >= 11 is 2.98. The van der Waals surface area contributed by atoms with Crippen LogP contribution in [0.5, 0.6) is 0 Å². The van der Waals surface area contributed by atoms with E-state index in [1.54, 1.807) is 42.1 Å². The zero-order chi connectivity index (χ0) is 17.8. The molecular formula is C17H15N3O3S2. The Kier molecular flexibility index (Phi) is 5.30. The summed E-state index contributed by atoms with van der Waals surface area (Å²) in [5, 5.41) is 11.0. The summed E-state index contributed by atoms with van der Waals surface area (Å²) in [6.45, 7) is 0.680. The molecule has 0 unspecified atom stereocenters. The summed E-state index contributed by atoms with van der Waals surface area (Å²) < 4.78 is 2.69. The molecule has 8 heteroatoms. The van der Waals surface area contributed by atoms with Gasteiger partial charge in [0.2, 0.25) is 0 Å². The second-order valence-corrected chi connectivity index (χ2v) is 7.22. The third-order valence-corrected chi connectivity index (χ3v) is 5.25. The van der Waals surface area contributed by atoms with E-state index in [2.05, 4.69) is 4.99 Å². The number of carbonyl (C=O) groups is 1. The second-order valence-electron chi connectivity index (χ2n) is 5.22. The number of nitro groups is 1. The van der Waals surface area contributed by atoms with E-state index in [4.69, 9.17) is 0 Å². The van der Waals surface area contributed by atoms with Crippen molar-refractivity contribution < 1.29 is 9.72 Å². The highest BCUT2D eigenvalue weighted by Crippen LogP contribution is 2.23. The Morgan fingerprint density at radius 3 is 2.72 bits per heavy atom. The average Bonchev–Trinajstić information content (AvgIpc) is 2.96. The highest BCUT2D eigenvalue weighted by molar-refractivity contribution is 7.98. The van der Waals surface area contributed by atoms with Gasteiger partial charge in [0.15, 0.2) is 4.80 Å². The zero-order valence-corrected chi connectivity index (χ0v) is 15.0. The monoisotopic (exact) mass is 373 g/mol. The van der Waals surface area contributed by atoms with Crippen LogP contribution in [0.15, 0.2) is 53.5 Å². The smallest absolute Gasteiger partial charge is 0.279 e. The summed E-state index contributed by atoms with van der Waals surface area (Å²) in [7, 11) is 0. The molecular weight excluding hydrogens is 358 g/mol. The molecule has 0 aliphatic rings. The standard InChI is InChI=1S/C17H15N3O3S2/c1-24-10-9-19-14-8-7-13(20(22)23)11-15(14)25-17(19)18-16(21)12-5-3-2-4-6-12/h2-8,11H,9-10H2,1H3. The van der Waals surface area contributed by atoms with E-state index in [0.29, 0.717) is 16.9 Å². The molecule has 3 aromatic rings. The Labute approximate surface area is 152 Å². The molecule has 0 aliphatic carbocycles. The highest BCUT2D eigenvalue weighted by Gasteiger charge is 2.13. The summed E-state index contributed by atoms with van der Waals surface area (Å²) in [4.78, 5) is 27.8. The third kappa shape index (κ3) is 3.80. The number of nitro benzene ring substituents is 1. The van der Waals surface area contributed by atoms with Gasteiger partial charge >= 0.3 is 0 Å². The van der Waals surface area contributed by atoms with Crippen molar-refractivity contribution in [1.29, 1.82) is 0 Å². The lowest BCUT2D eigenvalue weighted by Crippen LogP contribution is -2.18. The topological polar surface area (TPSA) is 77.5 Å². The molecule has 0 bridgehead atoms. The van der Waals surface area contributed by atoms with Crippen molar-refractivity contribution >= 4 is 44.9 Å². The molecule has 1 amide bonds. The van der Waals surface area contributed by atoms with Crippen molar-refractivity contribution in [2.75, 3.05) is 12.0 Å². The largest absolute Gasteiger partial charge is 0.315 e. The Morgan fingerprint density at radius 1 is 1.28 bits per heavy atom. The van der Waals surface area contributed by atoms with Gasteiger partial charge in [-0.3, -0.25) is 14.9 Å². The van der Waals surface area contributed by atoms with Crippen LogP contribution in [0.2, 0.25) is 0 Å². The number of non-ortho nitro benzene ring substituents is 1. The number of benzene rings is 2. The molecule has 0 atom stereocenters. The minimum atomic E-state index is -0.419. The van der Waals surface area contributed by atoms with Crippen LogP contribution in [-0.2, 0) is 6.54 Å². The SMILES string of the molecule is CSCCn1c(=NC(=O)c2ccccc2)sc2cc([N+](=O)[O-])ccc21. The van der Waals surface area contributed by atoms with Gasteiger partial charge in [-0.25, -0.2) is 0 Å². The van der Waals surface area contributed by atoms with Gasteiger partial charge in [0, 0.05) is 30.0 Å². The van der Waals surface area contributed by atoms with E-state index in [1.807, 2.05) is 16.9 Å². The summed E-state index contributed by atoms with van der Waals surface area (Å²) in [6, 6.07) is 13.6.